The molecule has 0 saturated heterocycles. The van der Waals surface area contributed by atoms with Crippen molar-refractivity contribution in [2.24, 2.45) is 5.73 Å². The molecular formula is C13H23N5O. The second kappa shape index (κ2) is 7.78. The van der Waals surface area contributed by atoms with Gasteiger partial charge in [0.25, 0.3) is 0 Å². The molecule has 1 amide bonds. The van der Waals surface area contributed by atoms with Crippen LogP contribution in [-0.2, 0) is 17.6 Å². The summed E-state index contributed by atoms with van der Waals surface area (Å²) in [6, 6.07) is 0.126. The van der Waals surface area contributed by atoms with Crippen LogP contribution in [0.4, 0.5) is 5.95 Å². The molecule has 1 unspecified atom stereocenters. The highest BCUT2D eigenvalue weighted by Gasteiger charge is 2.09. The number of hydrogen-bond donors (Lipinski definition) is 2. The van der Waals surface area contributed by atoms with Gasteiger partial charge in [-0.1, -0.05) is 13.8 Å². The summed E-state index contributed by atoms with van der Waals surface area (Å²) in [6.45, 7) is 5.95. The van der Waals surface area contributed by atoms with Crippen LogP contribution in [0.3, 0.4) is 0 Å². The molecule has 0 bridgehead atoms. The maximum absolute atomic E-state index is 11.7. The first-order valence-electron chi connectivity index (χ1n) is 6.84. The third-order valence-electron chi connectivity index (χ3n) is 2.82. The van der Waals surface area contributed by atoms with Crippen LogP contribution in [0.2, 0.25) is 0 Å². The third kappa shape index (κ3) is 5.30. The van der Waals surface area contributed by atoms with Crippen LogP contribution >= 0.6 is 0 Å². The smallest absolute Gasteiger partial charge is 0.249 e. The van der Waals surface area contributed by atoms with Crippen LogP contribution in [0, 0.1) is 0 Å². The van der Waals surface area contributed by atoms with Crippen molar-refractivity contribution in [2.45, 2.75) is 58.9 Å². The molecule has 0 spiro atoms. The average molecular weight is 265 g/mol. The summed E-state index contributed by atoms with van der Waals surface area (Å²) < 4.78 is 0. The fraction of sp³-hybridized carbons (Fsp3) is 0.692. The van der Waals surface area contributed by atoms with Crippen LogP contribution in [0.25, 0.3) is 0 Å². The minimum absolute atomic E-state index is 0.0891. The fourth-order valence-corrected chi connectivity index (χ4v) is 1.76. The topological polar surface area (TPSA) is 93.8 Å². The van der Waals surface area contributed by atoms with E-state index >= 15 is 0 Å². The van der Waals surface area contributed by atoms with E-state index in [9.17, 15) is 4.79 Å². The first-order chi connectivity index (χ1) is 9.06. The van der Waals surface area contributed by atoms with E-state index in [2.05, 4.69) is 20.5 Å². The van der Waals surface area contributed by atoms with Crippen molar-refractivity contribution in [3.05, 3.63) is 11.4 Å². The van der Waals surface area contributed by atoms with Gasteiger partial charge in [0, 0.05) is 12.5 Å². The van der Waals surface area contributed by atoms with E-state index in [0.29, 0.717) is 12.4 Å². The van der Waals surface area contributed by atoms with Crippen molar-refractivity contribution in [1.82, 2.24) is 15.2 Å². The van der Waals surface area contributed by atoms with Crippen LogP contribution in [0.5, 0.6) is 0 Å². The van der Waals surface area contributed by atoms with Crippen LogP contribution in [-0.4, -0.2) is 27.1 Å². The predicted molar refractivity (Wildman–Crippen MR) is 74.7 cm³/mol. The molecule has 0 aliphatic rings. The average Bonchev–Trinajstić information content (AvgIpc) is 2.38. The van der Waals surface area contributed by atoms with Gasteiger partial charge in [-0.25, -0.2) is 4.98 Å². The molecule has 0 aliphatic heterocycles. The van der Waals surface area contributed by atoms with Gasteiger partial charge < -0.3 is 5.73 Å². The van der Waals surface area contributed by atoms with Gasteiger partial charge in [0.15, 0.2) is 0 Å². The first-order valence-corrected chi connectivity index (χ1v) is 6.84. The number of rotatable bonds is 7. The molecule has 1 heterocycles. The Morgan fingerprint density at radius 3 is 2.53 bits per heavy atom. The minimum atomic E-state index is -0.0891. The quantitative estimate of drug-likeness (QED) is 0.778. The van der Waals surface area contributed by atoms with Crippen molar-refractivity contribution in [1.29, 1.82) is 0 Å². The summed E-state index contributed by atoms with van der Waals surface area (Å²) in [5.74, 6) is 0.202. The normalized spacial score (nSPS) is 12.2. The molecule has 1 aromatic rings. The molecule has 0 radical (unpaired) electrons. The SMILES string of the molecule is CCc1nnc(NC(=O)CCCC(C)N)nc1CC. The van der Waals surface area contributed by atoms with E-state index in [0.717, 1.165) is 37.1 Å². The molecule has 1 atom stereocenters. The lowest BCUT2D eigenvalue weighted by atomic mass is 10.1. The molecule has 6 nitrogen and oxygen atoms in total. The molecule has 3 N–H and O–H groups in total. The van der Waals surface area contributed by atoms with Gasteiger partial charge in [0.2, 0.25) is 11.9 Å². The van der Waals surface area contributed by atoms with Crippen LogP contribution < -0.4 is 11.1 Å². The van der Waals surface area contributed by atoms with Crippen molar-refractivity contribution in [2.75, 3.05) is 5.32 Å². The highest BCUT2D eigenvalue weighted by molar-refractivity contribution is 5.88. The van der Waals surface area contributed by atoms with Gasteiger partial charge in [0.1, 0.15) is 0 Å². The Balaban J connectivity index is 2.54. The predicted octanol–water partition coefficient (Wildman–Crippen LogP) is 1.45. The van der Waals surface area contributed by atoms with Crippen molar-refractivity contribution >= 4 is 11.9 Å². The molecule has 0 fully saturated rings. The number of carbonyl (C=O) groups excluding carboxylic acids is 1. The van der Waals surface area contributed by atoms with E-state index < -0.39 is 0 Å². The highest BCUT2D eigenvalue weighted by atomic mass is 16.1. The first kappa shape index (κ1) is 15.5. The second-order valence-electron chi connectivity index (χ2n) is 4.65. The maximum atomic E-state index is 11.7. The summed E-state index contributed by atoms with van der Waals surface area (Å²) in [7, 11) is 0. The maximum Gasteiger partial charge on any atom is 0.249 e. The van der Waals surface area contributed by atoms with Crippen molar-refractivity contribution in [3.8, 4) is 0 Å². The number of aryl methyl sites for hydroxylation is 2. The summed E-state index contributed by atoms with van der Waals surface area (Å²) in [5.41, 5.74) is 7.41. The third-order valence-corrected chi connectivity index (χ3v) is 2.82. The molecule has 0 saturated carbocycles. The zero-order valence-electron chi connectivity index (χ0n) is 11.9. The van der Waals surface area contributed by atoms with Crippen molar-refractivity contribution in [3.63, 3.8) is 0 Å². The molecule has 1 aromatic heterocycles. The lowest BCUT2D eigenvalue weighted by Gasteiger charge is -2.07. The summed E-state index contributed by atoms with van der Waals surface area (Å²) in [6.07, 6.45) is 3.62. The Morgan fingerprint density at radius 2 is 1.95 bits per heavy atom. The van der Waals surface area contributed by atoms with Gasteiger partial charge in [-0.05, 0) is 32.6 Å². The molecular weight excluding hydrogens is 242 g/mol. The number of anilines is 1. The lowest BCUT2D eigenvalue weighted by Crippen LogP contribution is -2.18. The largest absolute Gasteiger partial charge is 0.328 e. The lowest BCUT2D eigenvalue weighted by molar-refractivity contribution is -0.116. The van der Waals surface area contributed by atoms with Crippen LogP contribution in [0.15, 0.2) is 0 Å². The highest BCUT2D eigenvalue weighted by Crippen LogP contribution is 2.07. The Hall–Kier alpha value is -1.56. The standard InChI is InChI=1S/C13H23N5O/c1-4-10-11(5-2)17-18-13(15-10)16-12(19)8-6-7-9(3)14/h9H,4-8,14H2,1-3H3,(H,15,16,18,19). The Labute approximate surface area is 114 Å². The van der Waals surface area contributed by atoms with Gasteiger partial charge >= 0.3 is 0 Å². The Kier molecular flexibility index (Phi) is 6.35. The van der Waals surface area contributed by atoms with E-state index in [1.54, 1.807) is 0 Å². The number of carbonyl (C=O) groups is 1. The molecule has 0 aromatic carbocycles. The van der Waals surface area contributed by atoms with Gasteiger partial charge in [-0.3, -0.25) is 10.1 Å². The monoisotopic (exact) mass is 265 g/mol. The van der Waals surface area contributed by atoms with Crippen molar-refractivity contribution < 1.29 is 4.79 Å². The number of nitrogens with zero attached hydrogens (tertiary/aromatic N) is 3. The summed E-state index contributed by atoms with van der Waals surface area (Å²) in [5, 5.41) is 10.7. The zero-order valence-corrected chi connectivity index (χ0v) is 11.9. The van der Waals surface area contributed by atoms with E-state index in [-0.39, 0.29) is 11.9 Å². The molecule has 6 heteroatoms. The molecule has 19 heavy (non-hydrogen) atoms. The number of aromatic nitrogens is 3. The van der Waals surface area contributed by atoms with Gasteiger partial charge in [-0.2, -0.15) is 0 Å². The van der Waals surface area contributed by atoms with E-state index in [1.165, 1.54) is 0 Å². The summed E-state index contributed by atoms with van der Waals surface area (Å²) in [4.78, 5) is 16.0. The number of nitrogens with two attached hydrogens (primary N) is 1. The zero-order chi connectivity index (χ0) is 14.3. The second-order valence-corrected chi connectivity index (χ2v) is 4.65. The fourth-order valence-electron chi connectivity index (χ4n) is 1.76. The molecule has 1 rings (SSSR count). The van der Waals surface area contributed by atoms with Gasteiger partial charge in [-0.15, -0.1) is 10.2 Å². The molecule has 106 valence electrons. The van der Waals surface area contributed by atoms with E-state index in [4.69, 9.17) is 5.73 Å². The Bertz CT molecular complexity index is 419. The van der Waals surface area contributed by atoms with E-state index in [1.807, 2.05) is 20.8 Å². The Morgan fingerprint density at radius 1 is 1.26 bits per heavy atom. The van der Waals surface area contributed by atoms with Gasteiger partial charge in [0.05, 0.1) is 11.4 Å². The molecule has 0 aliphatic carbocycles. The minimum Gasteiger partial charge on any atom is -0.328 e. The number of amides is 1. The number of hydrogen-bond acceptors (Lipinski definition) is 5. The van der Waals surface area contributed by atoms with Crippen LogP contribution in [0.1, 0.15) is 51.4 Å². The summed E-state index contributed by atoms with van der Waals surface area (Å²) >= 11 is 0. The number of nitrogens with one attached hydrogen (secondary N) is 1.